The Morgan fingerprint density at radius 1 is 1.33 bits per heavy atom. The number of ether oxygens (including phenoxy) is 1. The maximum atomic E-state index is 13.3. The first-order valence-corrected chi connectivity index (χ1v) is 7.86. The molecule has 0 amide bonds. The van der Waals surface area contributed by atoms with Crippen molar-refractivity contribution in [3.8, 4) is 0 Å². The van der Waals surface area contributed by atoms with E-state index in [9.17, 15) is 9.50 Å². The molecule has 0 aliphatic carbocycles. The highest BCUT2D eigenvalue weighted by molar-refractivity contribution is 7.09. The first-order valence-electron chi connectivity index (χ1n) is 6.23. The zero-order valence-corrected chi connectivity index (χ0v) is 13.3. The fourth-order valence-corrected chi connectivity index (χ4v) is 2.77. The smallest absolute Gasteiger partial charge is 0.160 e. The van der Waals surface area contributed by atoms with E-state index in [2.05, 4.69) is 5.32 Å². The van der Waals surface area contributed by atoms with E-state index in [-0.39, 0.29) is 23.2 Å². The molecule has 2 N–H and O–H groups in total. The van der Waals surface area contributed by atoms with Crippen LogP contribution in [-0.4, -0.2) is 24.4 Å². The first-order chi connectivity index (χ1) is 10.1. The molecule has 0 aliphatic heterocycles. The van der Waals surface area contributed by atoms with Gasteiger partial charge in [-0.3, -0.25) is 0 Å². The second-order valence-corrected chi connectivity index (χ2v) is 6.23. The zero-order chi connectivity index (χ0) is 15.2. The summed E-state index contributed by atoms with van der Waals surface area (Å²) < 4.78 is 18.7. The molecule has 0 saturated heterocycles. The Morgan fingerprint density at radius 3 is 2.67 bits per heavy atom. The molecule has 0 aliphatic rings. The summed E-state index contributed by atoms with van der Waals surface area (Å²) in [5.41, 5.74) is 0.545. The Bertz CT molecular complexity index is 557. The second kappa shape index (κ2) is 7.96. The molecule has 0 spiro atoms. The number of anilines is 1. The van der Waals surface area contributed by atoms with Gasteiger partial charge in [-0.05, 0) is 23.6 Å². The maximum absolute atomic E-state index is 13.3. The standard InChI is InChI=1S/C14H14Cl2FNO2S/c15-12-4-9(5-13(16)14(12)17)18-6-10(19)7-20-8-11-2-1-3-21-11/h1-5,10,18-19H,6-8H2. The van der Waals surface area contributed by atoms with Crippen molar-refractivity contribution in [1.29, 1.82) is 0 Å². The third-order valence-electron chi connectivity index (χ3n) is 2.66. The quantitative estimate of drug-likeness (QED) is 0.736. The van der Waals surface area contributed by atoms with Crippen molar-refractivity contribution < 1.29 is 14.2 Å². The third kappa shape index (κ3) is 5.13. The van der Waals surface area contributed by atoms with Crippen LogP contribution in [0.4, 0.5) is 10.1 Å². The van der Waals surface area contributed by atoms with E-state index in [0.29, 0.717) is 12.3 Å². The third-order valence-corrected chi connectivity index (χ3v) is 4.06. The first kappa shape index (κ1) is 16.5. The van der Waals surface area contributed by atoms with Crippen LogP contribution in [-0.2, 0) is 11.3 Å². The Kier molecular flexibility index (Phi) is 6.26. The van der Waals surface area contributed by atoms with Crippen molar-refractivity contribution in [3.05, 3.63) is 50.4 Å². The van der Waals surface area contributed by atoms with Crippen molar-refractivity contribution in [2.45, 2.75) is 12.7 Å². The Balaban J connectivity index is 1.74. The highest BCUT2D eigenvalue weighted by Crippen LogP contribution is 2.27. The molecule has 2 aromatic rings. The van der Waals surface area contributed by atoms with Crippen molar-refractivity contribution >= 4 is 40.2 Å². The molecule has 21 heavy (non-hydrogen) atoms. The van der Waals surface area contributed by atoms with E-state index < -0.39 is 11.9 Å². The minimum absolute atomic E-state index is 0.0616. The van der Waals surface area contributed by atoms with Crippen LogP contribution in [0, 0.1) is 5.82 Å². The Labute approximate surface area is 136 Å². The van der Waals surface area contributed by atoms with Gasteiger partial charge < -0.3 is 15.2 Å². The average molecular weight is 350 g/mol. The Morgan fingerprint density at radius 2 is 2.05 bits per heavy atom. The molecule has 1 unspecified atom stereocenters. The monoisotopic (exact) mass is 349 g/mol. The molecule has 114 valence electrons. The van der Waals surface area contributed by atoms with E-state index in [1.165, 1.54) is 12.1 Å². The predicted octanol–water partition coefficient (Wildman–Crippen LogP) is 4.18. The fraction of sp³-hybridized carbons (Fsp3) is 0.286. The lowest BCUT2D eigenvalue weighted by molar-refractivity contribution is 0.0359. The molecule has 0 radical (unpaired) electrons. The summed E-state index contributed by atoms with van der Waals surface area (Å²) in [4.78, 5) is 1.10. The van der Waals surface area contributed by atoms with Gasteiger partial charge in [0.15, 0.2) is 5.82 Å². The minimum Gasteiger partial charge on any atom is -0.389 e. The molecule has 1 atom stereocenters. The molecule has 0 bridgehead atoms. The second-order valence-electron chi connectivity index (χ2n) is 4.38. The van der Waals surface area contributed by atoms with Crippen molar-refractivity contribution in [3.63, 3.8) is 0 Å². The molecule has 0 fully saturated rings. The van der Waals surface area contributed by atoms with E-state index in [4.69, 9.17) is 27.9 Å². The van der Waals surface area contributed by atoms with Crippen LogP contribution in [0.25, 0.3) is 0 Å². The number of hydrogen-bond donors (Lipinski definition) is 2. The van der Waals surface area contributed by atoms with Crippen LogP contribution in [0.15, 0.2) is 29.6 Å². The van der Waals surface area contributed by atoms with Gasteiger partial charge in [0.05, 0.1) is 29.4 Å². The largest absolute Gasteiger partial charge is 0.389 e. The molecular weight excluding hydrogens is 336 g/mol. The van der Waals surface area contributed by atoms with Crippen LogP contribution in [0.3, 0.4) is 0 Å². The Hall–Kier alpha value is -0.850. The van der Waals surface area contributed by atoms with Gasteiger partial charge in [0.25, 0.3) is 0 Å². The fourth-order valence-electron chi connectivity index (χ4n) is 1.64. The number of hydrogen-bond acceptors (Lipinski definition) is 4. The molecule has 7 heteroatoms. The molecule has 0 saturated carbocycles. The van der Waals surface area contributed by atoms with E-state index >= 15 is 0 Å². The van der Waals surface area contributed by atoms with Crippen LogP contribution in [0.5, 0.6) is 0 Å². The summed E-state index contributed by atoms with van der Waals surface area (Å²) in [6.45, 7) is 0.930. The topological polar surface area (TPSA) is 41.5 Å². The lowest BCUT2D eigenvalue weighted by atomic mass is 10.3. The van der Waals surface area contributed by atoms with E-state index in [1.54, 1.807) is 11.3 Å². The summed E-state index contributed by atoms with van der Waals surface area (Å²) in [6, 6.07) is 6.76. The maximum Gasteiger partial charge on any atom is 0.160 e. The molecule has 2 rings (SSSR count). The average Bonchev–Trinajstić information content (AvgIpc) is 2.95. The van der Waals surface area contributed by atoms with Crippen LogP contribution in [0.2, 0.25) is 10.0 Å². The van der Waals surface area contributed by atoms with E-state index in [0.717, 1.165) is 4.88 Å². The molecular formula is C14H14Cl2FNO2S. The number of halogens is 3. The summed E-state index contributed by atoms with van der Waals surface area (Å²) in [6.07, 6.45) is -0.687. The number of benzene rings is 1. The van der Waals surface area contributed by atoms with Gasteiger partial charge in [-0.1, -0.05) is 29.3 Å². The van der Waals surface area contributed by atoms with Gasteiger partial charge in [0.1, 0.15) is 0 Å². The summed E-state index contributed by atoms with van der Waals surface area (Å²) in [5, 5.41) is 14.6. The summed E-state index contributed by atoms with van der Waals surface area (Å²) >= 11 is 13.0. The lowest BCUT2D eigenvalue weighted by Gasteiger charge is -2.13. The van der Waals surface area contributed by atoms with Crippen LogP contribution < -0.4 is 5.32 Å². The lowest BCUT2D eigenvalue weighted by Crippen LogP contribution is -2.24. The van der Waals surface area contributed by atoms with Gasteiger partial charge in [0.2, 0.25) is 0 Å². The zero-order valence-electron chi connectivity index (χ0n) is 11.0. The van der Waals surface area contributed by atoms with Crippen molar-refractivity contribution in [1.82, 2.24) is 0 Å². The molecule has 3 nitrogen and oxygen atoms in total. The number of thiophene rings is 1. The number of rotatable bonds is 7. The van der Waals surface area contributed by atoms with E-state index in [1.807, 2.05) is 17.5 Å². The normalized spacial score (nSPS) is 12.4. The predicted molar refractivity (Wildman–Crippen MR) is 84.9 cm³/mol. The van der Waals surface area contributed by atoms with Crippen molar-refractivity contribution in [2.75, 3.05) is 18.5 Å². The molecule has 1 aromatic heterocycles. The van der Waals surface area contributed by atoms with Gasteiger partial charge in [-0.25, -0.2) is 4.39 Å². The van der Waals surface area contributed by atoms with Crippen molar-refractivity contribution in [2.24, 2.45) is 0 Å². The van der Waals surface area contributed by atoms with Gasteiger partial charge in [-0.2, -0.15) is 0 Å². The van der Waals surface area contributed by atoms with Crippen LogP contribution >= 0.6 is 34.5 Å². The SMILES string of the molecule is OC(CNc1cc(Cl)c(F)c(Cl)c1)COCc1cccs1. The summed E-state index contributed by atoms with van der Waals surface area (Å²) in [7, 11) is 0. The molecule has 1 heterocycles. The molecule has 1 aromatic carbocycles. The highest BCUT2D eigenvalue weighted by Gasteiger charge is 2.09. The number of nitrogens with one attached hydrogen (secondary N) is 1. The number of aliphatic hydroxyl groups is 1. The van der Waals surface area contributed by atoms with Crippen LogP contribution in [0.1, 0.15) is 4.88 Å². The van der Waals surface area contributed by atoms with Gasteiger partial charge in [-0.15, -0.1) is 11.3 Å². The highest BCUT2D eigenvalue weighted by atomic mass is 35.5. The van der Waals surface area contributed by atoms with Gasteiger partial charge >= 0.3 is 0 Å². The summed E-state index contributed by atoms with van der Waals surface area (Å²) in [5.74, 6) is -0.649. The van der Waals surface area contributed by atoms with Gasteiger partial charge in [0, 0.05) is 17.1 Å². The number of aliphatic hydroxyl groups excluding tert-OH is 1. The minimum atomic E-state index is -0.687.